The number of hydrogen-bond acceptors (Lipinski definition) is 5. The highest BCUT2D eigenvalue weighted by atomic mass is 32.2. The van der Waals surface area contributed by atoms with Crippen molar-refractivity contribution in [1.29, 1.82) is 0 Å². The van der Waals surface area contributed by atoms with Gasteiger partial charge >= 0.3 is 0 Å². The minimum absolute atomic E-state index is 0.0675. The first-order chi connectivity index (χ1) is 14.6. The predicted octanol–water partition coefficient (Wildman–Crippen LogP) is 2.11. The summed E-state index contributed by atoms with van der Waals surface area (Å²) in [4.78, 5) is 27.8. The number of rotatable bonds is 9. The largest absolute Gasteiger partial charge is 0.381 e. The number of benzene rings is 1. The molecule has 1 saturated heterocycles. The molecule has 8 nitrogen and oxygen atoms in total. The summed E-state index contributed by atoms with van der Waals surface area (Å²) in [7, 11) is -2.00. The number of carbonyl (C=O) groups excluding carboxylic acids is 2. The van der Waals surface area contributed by atoms with E-state index >= 15 is 0 Å². The van der Waals surface area contributed by atoms with E-state index in [1.54, 1.807) is 38.0 Å². The number of carbonyl (C=O) groups is 2. The van der Waals surface area contributed by atoms with Gasteiger partial charge in [-0.3, -0.25) is 9.59 Å². The van der Waals surface area contributed by atoms with Gasteiger partial charge in [0.25, 0.3) is 5.91 Å². The minimum Gasteiger partial charge on any atom is -0.381 e. The fourth-order valence-corrected chi connectivity index (χ4v) is 5.26. The number of amides is 2. The second kappa shape index (κ2) is 11.1. The zero-order chi connectivity index (χ0) is 23.2. The van der Waals surface area contributed by atoms with Crippen molar-refractivity contribution in [2.75, 3.05) is 33.3 Å². The first kappa shape index (κ1) is 25.3. The molecule has 2 amide bonds. The minimum atomic E-state index is -3.68. The van der Waals surface area contributed by atoms with Crippen LogP contribution >= 0.6 is 0 Å². The SMILES string of the molecule is CCN(CC)S(=O)(=O)c1cccc(C(=O)N[C@H](C(=O)N2CCC(OC)CC2)C(C)C)c1. The van der Waals surface area contributed by atoms with Gasteiger partial charge in [-0.25, -0.2) is 8.42 Å². The molecule has 1 aliphatic rings. The summed E-state index contributed by atoms with van der Waals surface area (Å²) in [6, 6.07) is 5.27. The molecule has 0 aliphatic carbocycles. The highest BCUT2D eigenvalue weighted by molar-refractivity contribution is 7.89. The van der Waals surface area contributed by atoms with Gasteiger partial charge in [-0.05, 0) is 37.0 Å². The molecular weight excluding hydrogens is 418 g/mol. The maximum absolute atomic E-state index is 13.1. The Morgan fingerprint density at radius 3 is 2.32 bits per heavy atom. The molecule has 174 valence electrons. The third-order valence-electron chi connectivity index (χ3n) is 5.75. The zero-order valence-corrected chi connectivity index (χ0v) is 19.9. The summed E-state index contributed by atoms with van der Waals surface area (Å²) in [5.41, 5.74) is 0.213. The van der Waals surface area contributed by atoms with Crippen LogP contribution in [0, 0.1) is 5.92 Å². The smallest absolute Gasteiger partial charge is 0.251 e. The van der Waals surface area contributed by atoms with Crippen molar-refractivity contribution in [3.8, 4) is 0 Å². The lowest BCUT2D eigenvalue weighted by atomic mass is 10.00. The standard InChI is InChI=1S/C22H35N3O5S/c1-6-25(7-2)31(28,29)19-10-8-9-17(15-19)21(26)23-20(16(3)4)22(27)24-13-11-18(30-5)12-14-24/h8-10,15-16,18,20H,6-7,11-14H2,1-5H3,(H,23,26)/t20-/m0/s1. The fourth-order valence-electron chi connectivity index (χ4n) is 3.76. The van der Waals surface area contributed by atoms with Crippen LogP contribution in [-0.4, -0.2) is 74.9 Å². The average Bonchev–Trinajstić information content (AvgIpc) is 2.77. The molecule has 1 aliphatic heterocycles. The molecule has 1 aromatic carbocycles. The topological polar surface area (TPSA) is 96.0 Å². The molecular formula is C22H35N3O5S. The van der Waals surface area contributed by atoms with Gasteiger partial charge in [0.2, 0.25) is 15.9 Å². The summed E-state index contributed by atoms with van der Waals surface area (Å²) < 4.78 is 32.3. The van der Waals surface area contributed by atoms with Crippen LogP contribution in [0.25, 0.3) is 0 Å². The lowest BCUT2D eigenvalue weighted by molar-refractivity contribution is -0.136. The Morgan fingerprint density at radius 1 is 1.19 bits per heavy atom. The lowest BCUT2D eigenvalue weighted by Gasteiger charge is -2.35. The monoisotopic (exact) mass is 453 g/mol. The molecule has 0 saturated carbocycles. The maximum atomic E-state index is 13.1. The van der Waals surface area contributed by atoms with Crippen molar-refractivity contribution in [3.63, 3.8) is 0 Å². The average molecular weight is 454 g/mol. The number of hydrogen-bond donors (Lipinski definition) is 1. The molecule has 1 heterocycles. The summed E-state index contributed by atoms with van der Waals surface area (Å²) in [6.07, 6.45) is 1.70. The van der Waals surface area contributed by atoms with Gasteiger partial charge in [-0.2, -0.15) is 4.31 Å². The Kier molecular flexibility index (Phi) is 9.02. The first-order valence-corrected chi connectivity index (χ1v) is 12.3. The maximum Gasteiger partial charge on any atom is 0.251 e. The van der Waals surface area contributed by atoms with Crippen LogP contribution in [0.5, 0.6) is 0 Å². The molecule has 31 heavy (non-hydrogen) atoms. The Morgan fingerprint density at radius 2 is 1.81 bits per heavy atom. The van der Waals surface area contributed by atoms with Crippen LogP contribution in [0.1, 0.15) is 50.9 Å². The number of nitrogens with one attached hydrogen (secondary N) is 1. The van der Waals surface area contributed by atoms with E-state index in [0.29, 0.717) is 26.2 Å². The molecule has 0 bridgehead atoms. The number of nitrogens with zero attached hydrogens (tertiary/aromatic N) is 2. The fraction of sp³-hybridized carbons (Fsp3) is 0.636. The first-order valence-electron chi connectivity index (χ1n) is 10.9. The second-order valence-corrected chi connectivity index (χ2v) is 10.0. The summed E-state index contributed by atoms with van der Waals surface area (Å²) >= 11 is 0. The molecule has 2 rings (SSSR count). The van der Waals surface area contributed by atoms with Gasteiger partial charge in [-0.15, -0.1) is 0 Å². The Labute approximate surface area is 186 Å². The van der Waals surface area contributed by atoms with E-state index in [1.807, 2.05) is 13.8 Å². The molecule has 1 aromatic rings. The summed E-state index contributed by atoms with van der Waals surface area (Å²) in [6.45, 7) is 9.18. The Balaban J connectivity index is 2.17. The van der Waals surface area contributed by atoms with E-state index in [9.17, 15) is 18.0 Å². The van der Waals surface area contributed by atoms with Crippen molar-refractivity contribution in [2.45, 2.75) is 57.6 Å². The van der Waals surface area contributed by atoms with E-state index in [2.05, 4.69) is 5.32 Å². The van der Waals surface area contributed by atoms with E-state index in [0.717, 1.165) is 12.8 Å². The van der Waals surface area contributed by atoms with Crippen LogP contribution in [0.4, 0.5) is 0 Å². The normalized spacial score (nSPS) is 16.5. The van der Waals surface area contributed by atoms with Gasteiger partial charge in [-0.1, -0.05) is 33.8 Å². The van der Waals surface area contributed by atoms with Crippen molar-refractivity contribution >= 4 is 21.8 Å². The number of likely N-dealkylation sites (tertiary alicyclic amines) is 1. The number of sulfonamides is 1. The zero-order valence-electron chi connectivity index (χ0n) is 19.1. The number of piperidine rings is 1. The molecule has 0 aromatic heterocycles. The number of ether oxygens (including phenoxy) is 1. The van der Waals surface area contributed by atoms with Crippen molar-refractivity contribution < 1.29 is 22.7 Å². The van der Waals surface area contributed by atoms with Crippen molar-refractivity contribution in [3.05, 3.63) is 29.8 Å². The van der Waals surface area contributed by atoms with Gasteiger partial charge in [0.15, 0.2) is 0 Å². The summed E-state index contributed by atoms with van der Waals surface area (Å²) in [5, 5.41) is 2.82. The predicted molar refractivity (Wildman–Crippen MR) is 119 cm³/mol. The quantitative estimate of drug-likeness (QED) is 0.618. The Hall–Kier alpha value is -1.97. The van der Waals surface area contributed by atoms with Crippen molar-refractivity contribution in [2.24, 2.45) is 5.92 Å². The van der Waals surface area contributed by atoms with Gasteiger partial charge in [0.1, 0.15) is 6.04 Å². The molecule has 9 heteroatoms. The molecule has 0 unspecified atom stereocenters. The third-order valence-corrected chi connectivity index (χ3v) is 7.79. The van der Waals surface area contributed by atoms with Crippen LogP contribution < -0.4 is 5.32 Å². The summed E-state index contributed by atoms with van der Waals surface area (Å²) in [5.74, 6) is -0.695. The molecule has 0 spiro atoms. The Bertz CT molecular complexity index is 860. The number of methoxy groups -OCH3 is 1. The van der Waals surface area contributed by atoms with Crippen LogP contribution in [0.15, 0.2) is 29.2 Å². The van der Waals surface area contributed by atoms with Crippen LogP contribution in [-0.2, 0) is 19.6 Å². The molecule has 1 N–H and O–H groups in total. The van der Waals surface area contributed by atoms with Crippen LogP contribution in [0.2, 0.25) is 0 Å². The second-order valence-electron chi connectivity index (χ2n) is 8.07. The molecule has 0 radical (unpaired) electrons. The molecule has 1 fully saturated rings. The highest BCUT2D eigenvalue weighted by Gasteiger charge is 2.32. The lowest BCUT2D eigenvalue weighted by Crippen LogP contribution is -2.53. The van der Waals surface area contributed by atoms with Crippen molar-refractivity contribution in [1.82, 2.24) is 14.5 Å². The van der Waals surface area contributed by atoms with E-state index in [1.165, 1.54) is 16.4 Å². The molecule has 1 atom stereocenters. The van der Waals surface area contributed by atoms with E-state index < -0.39 is 22.0 Å². The van der Waals surface area contributed by atoms with Gasteiger partial charge in [0.05, 0.1) is 11.0 Å². The van der Waals surface area contributed by atoms with Crippen LogP contribution in [0.3, 0.4) is 0 Å². The van der Waals surface area contributed by atoms with E-state index in [-0.39, 0.29) is 28.4 Å². The highest BCUT2D eigenvalue weighted by Crippen LogP contribution is 2.19. The third kappa shape index (κ3) is 6.05. The van der Waals surface area contributed by atoms with Gasteiger partial charge in [0, 0.05) is 38.9 Å². The van der Waals surface area contributed by atoms with E-state index in [4.69, 9.17) is 4.74 Å². The van der Waals surface area contributed by atoms with Gasteiger partial charge < -0.3 is 15.0 Å².